The van der Waals surface area contributed by atoms with Gasteiger partial charge in [-0.1, -0.05) is 30.3 Å². The van der Waals surface area contributed by atoms with Crippen LogP contribution in [0.1, 0.15) is 30.4 Å². The third-order valence-electron chi connectivity index (χ3n) is 5.34. The average molecular weight is 311 g/mol. The molecule has 2 bridgehead atoms. The molecule has 4 heteroatoms. The highest BCUT2D eigenvalue weighted by Crippen LogP contribution is 2.33. The van der Waals surface area contributed by atoms with E-state index < -0.39 is 0 Å². The molecule has 2 atom stereocenters. The topological polar surface area (TPSA) is 35.6 Å². The summed E-state index contributed by atoms with van der Waals surface area (Å²) >= 11 is 0. The molecule has 3 aliphatic rings. The van der Waals surface area contributed by atoms with Crippen molar-refractivity contribution in [1.82, 2.24) is 15.3 Å². The number of nitrogens with zero attached hydrogens (tertiary/aromatic N) is 2. The van der Waals surface area contributed by atoms with Gasteiger partial charge in [-0.05, 0) is 37.3 Å². The highest BCUT2D eigenvalue weighted by Gasteiger charge is 2.38. The van der Waals surface area contributed by atoms with Crippen molar-refractivity contribution in [2.24, 2.45) is 5.92 Å². The van der Waals surface area contributed by atoms with E-state index in [2.05, 4.69) is 52.6 Å². The molecule has 1 aromatic rings. The molecule has 1 N–H and O–H groups in total. The van der Waals surface area contributed by atoms with Crippen molar-refractivity contribution >= 4 is 5.91 Å². The molecular formula is C19H25N3O. The smallest absolute Gasteiger partial charge is 0.250 e. The summed E-state index contributed by atoms with van der Waals surface area (Å²) in [6, 6.07) is 8.87. The summed E-state index contributed by atoms with van der Waals surface area (Å²) in [4.78, 5) is 15.3. The van der Waals surface area contributed by atoms with Crippen LogP contribution in [0.2, 0.25) is 0 Å². The van der Waals surface area contributed by atoms with Crippen LogP contribution >= 0.6 is 0 Å². The largest absolute Gasteiger partial charge is 0.332 e. The van der Waals surface area contributed by atoms with Crippen LogP contribution in [0.15, 0.2) is 35.9 Å². The summed E-state index contributed by atoms with van der Waals surface area (Å²) in [5, 5.41) is 2.23. The first-order valence-corrected chi connectivity index (χ1v) is 8.76. The minimum absolute atomic E-state index is 0.280. The number of carbonyl (C=O) groups is 1. The molecule has 1 aromatic carbocycles. The second-order valence-electron chi connectivity index (χ2n) is 7.05. The summed E-state index contributed by atoms with van der Waals surface area (Å²) in [5.41, 5.74) is 6.99. The number of nitrogens with one attached hydrogen (secondary N) is 1. The Morgan fingerprint density at radius 1 is 1.30 bits per heavy atom. The molecule has 0 aromatic heterocycles. The Hall–Kier alpha value is -1.65. The molecule has 0 spiro atoms. The number of benzene rings is 1. The summed E-state index contributed by atoms with van der Waals surface area (Å²) in [7, 11) is 0. The van der Waals surface area contributed by atoms with Crippen molar-refractivity contribution < 1.29 is 4.79 Å². The van der Waals surface area contributed by atoms with Crippen LogP contribution in [0, 0.1) is 12.8 Å². The van der Waals surface area contributed by atoms with Gasteiger partial charge in [-0.15, -0.1) is 0 Å². The Kier molecular flexibility index (Phi) is 3.95. The minimum Gasteiger partial charge on any atom is -0.332 e. The maximum atomic E-state index is 13.2. The van der Waals surface area contributed by atoms with Crippen LogP contribution in [0.3, 0.4) is 0 Å². The standard InChI is InChI=1S/C19H25N3O/c1-14-4-2-3-5-15(14)13-22(17-6-7-17)19(23)18-9-11-21-12-16(18)8-10-20-21/h2-5,9,16-17,20H,6-8,10-13H2,1H3. The van der Waals surface area contributed by atoms with Gasteiger partial charge in [0.25, 0.3) is 0 Å². The number of hydrogen-bond donors (Lipinski definition) is 1. The van der Waals surface area contributed by atoms with E-state index in [-0.39, 0.29) is 5.91 Å². The maximum absolute atomic E-state index is 13.2. The average Bonchev–Trinajstić information content (AvgIpc) is 3.39. The lowest BCUT2D eigenvalue weighted by atomic mass is 9.89. The minimum atomic E-state index is 0.280. The number of aryl methyl sites for hydroxylation is 1. The molecule has 23 heavy (non-hydrogen) atoms. The van der Waals surface area contributed by atoms with Gasteiger partial charge < -0.3 is 4.90 Å². The Labute approximate surface area is 138 Å². The molecule has 1 amide bonds. The van der Waals surface area contributed by atoms with E-state index in [0.29, 0.717) is 12.0 Å². The highest BCUT2D eigenvalue weighted by molar-refractivity contribution is 5.94. The summed E-state index contributed by atoms with van der Waals surface area (Å²) in [6.07, 6.45) is 5.53. The fourth-order valence-corrected chi connectivity index (χ4v) is 3.74. The lowest BCUT2D eigenvalue weighted by molar-refractivity contribution is -0.129. The molecule has 1 saturated carbocycles. The Bertz CT molecular complexity index is 635. The molecule has 1 saturated heterocycles. The van der Waals surface area contributed by atoms with Crippen molar-refractivity contribution in [1.29, 1.82) is 0 Å². The van der Waals surface area contributed by atoms with Gasteiger partial charge >= 0.3 is 0 Å². The van der Waals surface area contributed by atoms with Gasteiger partial charge in [-0.25, -0.2) is 5.01 Å². The van der Waals surface area contributed by atoms with Crippen LogP contribution in [0.4, 0.5) is 0 Å². The first-order valence-electron chi connectivity index (χ1n) is 8.76. The summed E-state index contributed by atoms with van der Waals surface area (Å²) in [6.45, 7) is 5.69. The van der Waals surface area contributed by atoms with E-state index in [0.717, 1.165) is 51.0 Å². The first kappa shape index (κ1) is 14.9. The summed E-state index contributed by atoms with van der Waals surface area (Å²) in [5.74, 6) is 0.679. The quantitative estimate of drug-likeness (QED) is 0.926. The van der Waals surface area contributed by atoms with Gasteiger partial charge in [-0.3, -0.25) is 10.2 Å². The highest BCUT2D eigenvalue weighted by atomic mass is 16.2. The molecule has 2 unspecified atom stereocenters. The first-order chi connectivity index (χ1) is 11.2. The van der Waals surface area contributed by atoms with Crippen molar-refractivity contribution in [2.75, 3.05) is 19.6 Å². The Morgan fingerprint density at radius 2 is 2.13 bits per heavy atom. The van der Waals surface area contributed by atoms with Crippen molar-refractivity contribution in [3.05, 3.63) is 47.0 Å². The second-order valence-corrected chi connectivity index (χ2v) is 7.05. The zero-order chi connectivity index (χ0) is 15.8. The predicted octanol–water partition coefficient (Wildman–Crippen LogP) is 2.25. The monoisotopic (exact) mass is 311 g/mol. The Balaban J connectivity index is 1.55. The van der Waals surface area contributed by atoms with Gasteiger partial charge in [0.05, 0.1) is 0 Å². The van der Waals surface area contributed by atoms with E-state index in [1.165, 1.54) is 11.1 Å². The van der Waals surface area contributed by atoms with Crippen LogP contribution < -0.4 is 5.43 Å². The third-order valence-corrected chi connectivity index (χ3v) is 5.34. The van der Waals surface area contributed by atoms with Crippen LogP contribution in [-0.4, -0.2) is 41.5 Å². The molecule has 0 radical (unpaired) electrons. The molecular weight excluding hydrogens is 286 g/mol. The Morgan fingerprint density at radius 3 is 2.91 bits per heavy atom. The van der Waals surface area contributed by atoms with Crippen molar-refractivity contribution in [3.63, 3.8) is 0 Å². The molecule has 2 aliphatic heterocycles. The SMILES string of the molecule is Cc1ccccc1CN(C(=O)C1=CCN2CC1CCN2)C1CC1. The van der Waals surface area contributed by atoms with Gasteiger partial charge in [-0.2, -0.15) is 0 Å². The van der Waals surface area contributed by atoms with Crippen LogP contribution in [0.5, 0.6) is 0 Å². The van der Waals surface area contributed by atoms with E-state index in [4.69, 9.17) is 0 Å². The zero-order valence-electron chi connectivity index (χ0n) is 13.8. The lowest BCUT2D eigenvalue weighted by Gasteiger charge is -2.39. The van der Waals surface area contributed by atoms with Gasteiger partial charge in [0.2, 0.25) is 5.91 Å². The molecule has 4 nitrogen and oxygen atoms in total. The third kappa shape index (κ3) is 3.06. The van der Waals surface area contributed by atoms with E-state index in [1.807, 2.05) is 0 Å². The van der Waals surface area contributed by atoms with Crippen LogP contribution in [-0.2, 0) is 11.3 Å². The number of fused-ring (bicyclic) bond motifs is 2. The second kappa shape index (κ2) is 6.10. The number of rotatable bonds is 4. The fourth-order valence-electron chi connectivity index (χ4n) is 3.74. The number of hydrogen-bond acceptors (Lipinski definition) is 3. The van der Waals surface area contributed by atoms with Gasteiger partial charge in [0, 0.05) is 43.7 Å². The summed E-state index contributed by atoms with van der Waals surface area (Å²) < 4.78 is 0. The molecule has 1 aliphatic carbocycles. The normalized spacial score (nSPS) is 26.6. The van der Waals surface area contributed by atoms with Gasteiger partial charge in [0.15, 0.2) is 0 Å². The molecule has 122 valence electrons. The maximum Gasteiger partial charge on any atom is 0.250 e. The van der Waals surface area contributed by atoms with E-state index in [1.54, 1.807) is 0 Å². The molecule has 2 fully saturated rings. The van der Waals surface area contributed by atoms with Crippen molar-refractivity contribution in [2.45, 2.75) is 38.8 Å². The lowest BCUT2D eigenvalue weighted by Crippen LogP contribution is -2.52. The molecule has 4 rings (SSSR count). The van der Waals surface area contributed by atoms with Crippen molar-refractivity contribution in [3.8, 4) is 0 Å². The van der Waals surface area contributed by atoms with Gasteiger partial charge in [0.1, 0.15) is 0 Å². The number of carbonyl (C=O) groups excluding carboxylic acids is 1. The zero-order valence-corrected chi connectivity index (χ0v) is 13.8. The van der Waals surface area contributed by atoms with E-state index >= 15 is 0 Å². The number of hydrazine groups is 1. The number of amides is 1. The van der Waals surface area contributed by atoms with E-state index in [9.17, 15) is 4.79 Å². The fraction of sp³-hybridized carbons (Fsp3) is 0.526. The predicted molar refractivity (Wildman–Crippen MR) is 90.5 cm³/mol. The van der Waals surface area contributed by atoms with Crippen LogP contribution in [0.25, 0.3) is 0 Å². The molecule has 2 heterocycles.